The van der Waals surface area contributed by atoms with Crippen LogP contribution in [0.25, 0.3) is 11.1 Å². The van der Waals surface area contributed by atoms with Gasteiger partial charge in [0.05, 0.1) is 0 Å². The minimum Gasteiger partial charge on any atom is -0.354 e. The Kier molecular flexibility index (Phi) is 5.27. The van der Waals surface area contributed by atoms with Gasteiger partial charge < -0.3 is 10.2 Å². The zero-order valence-electron chi connectivity index (χ0n) is 15.7. The van der Waals surface area contributed by atoms with Crippen LogP contribution in [0.4, 0.5) is 11.4 Å². The van der Waals surface area contributed by atoms with Gasteiger partial charge in [-0.25, -0.2) is 5.48 Å². The highest BCUT2D eigenvalue weighted by Gasteiger charge is 2.31. The SMILES string of the molecule is O=C(NO)c1ccc(N(c2cccc(-c3ccccc3)c2)C2CCNC2=O)cc1. The Bertz CT molecular complexity index is 1020. The van der Waals surface area contributed by atoms with Gasteiger partial charge >= 0.3 is 0 Å². The standard InChI is InChI=1S/C23H21N3O3/c27-22(25-29)17-9-11-19(12-10-17)26(21-13-14-24-23(21)28)20-8-4-7-18(15-20)16-5-2-1-3-6-16/h1-12,15,21,29H,13-14H2,(H,24,28)(H,25,27). The molecular formula is C23H21N3O3. The number of hydrogen-bond donors (Lipinski definition) is 3. The van der Waals surface area contributed by atoms with Gasteiger partial charge in [0.15, 0.2) is 0 Å². The van der Waals surface area contributed by atoms with E-state index < -0.39 is 5.91 Å². The van der Waals surface area contributed by atoms with Gasteiger partial charge in [-0.3, -0.25) is 14.8 Å². The zero-order valence-corrected chi connectivity index (χ0v) is 15.7. The molecule has 1 fully saturated rings. The molecule has 1 unspecified atom stereocenters. The van der Waals surface area contributed by atoms with E-state index in [2.05, 4.69) is 11.4 Å². The normalized spacial score (nSPS) is 15.6. The summed E-state index contributed by atoms with van der Waals surface area (Å²) in [4.78, 5) is 26.1. The maximum Gasteiger partial charge on any atom is 0.274 e. The van der Waals surface area contributed by atoms with Crippen LogP contribution in [0.2, 0.25) is 0 Å². The predicted molar refractivity (Wildman–Crippen MR) is 111 cm³/mol. The summed E-state index contributed by atoms with van der Waals surface area (Å²) in [7, 11) is 0. The Morgan fingerprint density at radius 2 is 1.66 bits per heavy atom. The van der Waals surface area contributed by atoms with E-state index in [9.17, 15) is 9.59 Å². The van der Waals surface area contributed by atoms with Gasteiger partial charge in [-0.1, -0.05) is 42.5 Å². The Hall–Kier alpha value is -3.64. The van der Waals surface area contributed by atoms with Crippen LogP contribution < -0.4 is 15.7 Å². The van der Waals surface area contributed by atoms with Crippen LogP contribution in [0.1, 0.15) is 16.8 Å². The molecule has 3 aromatic rings. The third-order valence-electron chi connectivity index (χ3n) is 5.07. The van der Waals surface area contributed by atoms with Crippen molar-refractivity contribution in [2.24, 2.45) is 0 Å². The molecule has 0 aromatic heterocycles. The van der Waals surface area contributed by atoms with Crippen LogP contribution in [0.5, 0.6) is 0 Å². The molecule has 1 atom stereocenters. The van der Waals surface area contributed by atoms with Gasteiger partial charge in [0, 0.05) is 23.5 Å². The molecule has 6 nitrogen and oxygen atoms in total. The fourth-order valence-electron chi connectivity index (χ4n) is 3.64. The summed E-state index contributed by atoms with van der Waals surface area (Å²) < 4.78 is 0. The molecule has 0 saturated carbocycles. The van der Waals surface area contributed by atoms with Crippen molar-refractivity contribution < 1.29 is 14.8 Å². The van der Waals surface area contributed by atoms with E-state index in [-0.39, 0.29) is 11.9 Å². The van der Waals surface area contributed by atoms with Crippen molar-refractivity contribution in [3.05, 3.63) is 84.4 Å². The molecule has 0 spiro atoms. The number of hydroxylamine groups is 1. The first-order valence-corrected chi connectivity index (χ1v) is 9.44. The highest BCUT2D eigenvalue weighted by molar-refractivity contribution is 5.94. The third kappa shape index (κ3) is 3.83. The molecule has 1 aliphatic heterocycles. The third-order valence-corrected chi connectivity index (χ3v) is 5.07. The molecule has 0 radical (unpaired) electrons. The van der Waals surface area contributed by atoms with Crippen molar-refractivity contribution in [3.63, 3.8) is 0 Å². The monoisotopic (exact) mass is 387 g/mol. The highest BCUT2D eigenvalue weighted by atomic mass is 16.5. The number of nitrogens with zero attached hydrogens (tertiary/aromatic N) is 1. The molecule has 1 heterocycles. The fourth-order valence-corrected chi connectivity index (χ4v) is 3.64. The maximum atomic E-state index is 12.5. The van der Waals surface area contributed by atoms with Crippen LogP contribution >= 0.6 is 0 Å². The Labute approximate surface area is 168 Å². The van der Waals surface area contributed by atoms with Crippen LogP contribution in [0.15, 0.2) is 78.9 Å². The molecule has 1 saturated heterocycles. The van der Waals surface area contributed by atoms with Crippen molar-refractivity contribution in [2.45, 2.75) is 12.5 Å². The topological polar surface area (TPSA) is 81.7 Å². The fraction of sp³-hybridized carbons (Fsp3) is 0.130. The number of carbonyl (C=O) groups is 2. The summed E-state index contributed by atoms with van der Waals surface area (Å²) in [6.45, 7) is 0.628. The van der Waals surface area contributed by atoms with E-state index >= 15 is 0 Å². The number of carbonyl (C=O) groups excluding carboxylic acids is 2. The van der Waals surface area contributed by atoms with E-state index in [1.54, 1.807) is 29.7 Å². The second kappa shape index (κ2) is 8.16. The average Bonchev–Trinajstić information content (AvgIpc) is 3.20. The lowest BCUT2D eigenvalue weighted by Gasteiger charge is -2.30. The Morgan fingerprint density at radius 3 is 2.31 bits per heavy atom. The lowest BCUT2D eigenvalue weighted by molar-refractivity contribution is -0.120. The molecule has 3 N–H and O–H groups in total. The first-order valence-electron chi connectivity index (χ1n) is 9.44. The van der Waals surface area contributed by atoms with Gasteiger partial charge in [0.25, 0.3) is 5.91 Å². The molecule has 29 heavy (non-hydrogen) atoms. The summed E-state index contributed by atoms with van der Waals surface area (Å²) in [5, 5.41) is 11.7. The van der Waals surface area contributed by atoms with Gasteiger partial charge in [-0.2, -0.15) is 0 Å². The van der Waals surface area contributed by atoms with E-state index in [0.29, 0.717) is 18.5 Å². The quantitative estimate of drug-likeness (QED) is 0.462. The summed E-state index contributed by atoms with van der Waals surface area (Å²) in [5.41, 5.74) is 5.82. The molecule has 3 aromatic carbocycles. The maximum absolute atomic E-state index is 12.5. The van der Waals surface area contributed by atoms with E-state index in [1.165, 1.54) is 0 Å². The lowest BCUT2D eigenvalue weighted by Crippen LogP contribution is -2.37. The molecular weight excluding hydrogens is 366 g/mol. The minimum absolute atomic E-state index is 0.0210. The average molecular weight is 387 g/mol. The van der Waals surface area contributed by atoms with E-state index in [4.69, 9.17) is 5.21 Å². The van der Waals surface area contributed by atoms with Gasteiger partial charge in [-0.15, -0.1) is 0 Å². The van der Waals surface area contributed by atoms with Crippen molar-refractivity contribution in [3.8, 4) is 11.1 Å². The smallest absolute Gasteiger partial charge is 0.274 e. The van der Waals surface area contributed by atoms with Crippen molar-refractivity contribution in [1.82, 2.24) is 10.8 Å². The zero-order chi connectivity index (χ0) is 20.2. The number of benzene rings is 3. The summed E-state index contributed by atoms with van der Waals surface area (Å²) in [5.74, 6) is -0.597. The Balaban J connectivity index is 1.76. The van der Waals surface area contributed by atoms with Gasteiger partial charge in [0.2, 0.25) is 5.91 Å². The molecule has 2 amide bonds. The van der Waals surface area contributed by atoms with Crippen LogP contribution in [0.3, 0.4) is 0 Å². The molecule has 146 valence electrons. The summed E-state index contributed by atoms with van der Waals surface area (Å²) in [6.07, 6.45) is 0.688. The number of rotatable bonds is 5. The van der Waals surface area contributed by atoms with Crippen molar-refractivity contribution >= 4 is 23.2 Å². The van der Waals surface area contributed by atoms with Crippen LogP contribution in [-0.2, 0) is 4.79 Å². The van der Waals surface area contributed by atoms with Crippen molar-refractivity contribution in [2.75, 3.05) is 11.4 Å². The second-order valence-corrected chi connectivity index (χ2v) is 6.87. The van der Waals surface area contributed by atoms with E-state index in [0.717, 1.165) is 22.5 Å². The first kappa shape index (κ1) is 18.7. The molecule has 4 rings (SSSR count). The molecule has 6 heteroatoms. The number of anilines is 2. The summed E-state index contributed by atoms with van der Waals surface area (Å²) >= 11 is 0. The largest absolute Gasteiger partial charge is 0.354 e. The van der Waals surface area contributed by atoms with Crippen molar-refractivity contribution in [1.29, 1.82) is 0 Å². The van der Waals surface area contributed by atoms with E-state index in [1.807, 2.05) is 53.4 Å². The highest BCUT2D eigenvalue weighted by Crippen LogP contribution is 2.33. The lowest BCUT2D eigenvalue weighted by atomic mass is 10.0. The predicted octanol–water partition coefficient (Wildman–Crippen LogP) is 3.50. The molecule has 0 aliphatic carbocycles. The second-order valence-electron chi connectivity index (χ2n) is 6.87. The first-order chi connectivity index (χ1) is 14.2. The number of hydrogen-bond acceptors (Lipinski definition) is 4. The van der Waals surface area contributed by atoms with Gasteiger partial charge in [0.1, 0.15) is 6.04 Å². The molecule has 0 bridgehead atoms. The Morgan fingerprint density at radius 1 is 0.931 bits per heavy atom. The van der Waals surface area contributed by atoms with Gasteiger partial charge in [-0.05, 0) is 53.9 Å². The van der Waals surface area contributed by atoms with Crippen LogP contribution in [0, 0.1) is 0 Å². The van der Waals surface area contributed by atoms with Crippen LogP contribution in [-0.4, -0.2) is 29.6 Å². The minimum atomic E-state index is -0.576. The number of amides is 2. The number of nitrogens with one attached hydrogen (secondary N) is 2. The molecule has 1 aliphatic rings. The summed E-state index contributed by atoms with van der Waals surface area (Å²) in [6, 6.07) is 24.6.